The van der Waals surface area contributed by atoms with Gasteiger partial charge in [0.05, 0.1) is 0 Å². The largest absolute Gasteiger partial charge is 0.697 e. The first-order valence-corrected chi connectivity index (χ1v) is 11.1. The van der Waals surface area contributed by atoms with E-state index in [0.29, 0.717) is 12.8 Å². The van der Waals surface area contributed by atoms with E-state index in [4.69, 9.17) is 37.8 Å². The lowest BCUT2D eigenvalue weighted by Gasteiger charge is -2.18. The van der Waals surface area contributed by atoms with Crippen LogP contribution in [0.1, 0.15) is 39.5 Å². The van der Waals surface area contributed by atoms with Gasteiger partial charge in [-0.2, -0.15) is 0 Å². The molecule has 12 heteroatoms. The summed E-state index contributed by atoms with van der Waals surface area (Å²) < 4.78 is 21.0. The summed E-state index contributed by atoms with van der Waals surface area (Å²) in [5, 5.41) is 0. The van der Waals surface area contributed by atoms with E-state index in [1.807, 2.05) is 0 Å². The van der Waals surface area contributed by atoms with Gasteiger partial charge in [0.15, 0.2) is 11.5 Å². The van der Waals surface area contributed by atoms with Gasteiger partial charge in [-0.25, -0.2) is 0 Å². The number of rotatable bonds is 10. The highest BCUT2D eigenvalue weighted by Crippen LogP contribution is 2.33. The topological polar surface area (TPSA) is 157 Å². The zero-order chi connectivity index (χ0) is 16.0. The second-order valence-corrected chi connectivity index (χ2v) is 9.27. The van der Waals surface area contributed by atoms with Crippen molar-refractivity contribution in [3.8, 4) is 0 Å². The van der Waals surface area contributed by atoms with Crippen molar-refractivity contribution >= 4 is 25.9 Å². The van der Waals surface area contributed by atoms with Crippen LogP contribution in [0.15, 0.2) is 0 Å². The fraction of sp³-hybridized carbons (Fsp3) is 1.00. The summed E-state index contributed by atoms with van der Waals surface area (Å²) in [6, 6.07) is 0. The molecule has 0 amide bonds. The summed E-state index contributed by atoms with van der Waals surface area (Å²) in [5.41, 5.74) is -2.91. The standard InChI is InChI=1S/C8H22O9PSi2/c1-3-5-7(19(10,11)12)16-18(9)17-8(6-4-2)20(13,14)15/h7-8,10-15H,3-6H2,1-2H3/q+1. The third kappa shape index (κ3) is 7.85. The van der Waals surface area contributed by atoms with Crippen LogP contribution in [0.2, 0.25) is 0 Å². The second kappa shape index (κ2) is 8.61. The lowest BCUT2D eigenvalue weighted by atomic mass is 10.4. The Morgan fingerprint density at radius 3 is 1.35 bits per heavy atom. The Bertz CT molecular complexity index is 275. The van der Waals surface area contributed by atoms with E-state index in [1.54, 1.807) is 13.8 Å². The lowest BCUT2D eigenvalue weighted by Crippen LogP contribution is -2.50. The van der Waals surface area contributed by atoms with Crippen LogP contribution in [0.5, 0.6) is 0 Å². The summed E-state index contributed by atoms with van der Waals surface area (Å²) in [6.45, 7) is 3.38. The molecule has 0 radical (unpaired) electrons. The molecule has 0 aliphatic heterocycles. The molecule has 0 aromatic rings. The Morgan fingerprint density at radius 1 is 0.850 bits per heavy atom. The molecule has 0 saturated carbocycles. The minimum absolute atomic E-state index is 0.0402. The molecule has 0 rings (SSSR count). The molecular weight excluding hydrogens is 327 g/mol. The molecule has 0 aromatic carbocycles. The fourth-order valence-electron chi connectivity index (χ4n) is 1.39. The Balaban J connectivity index is 4.65. The molecule has 0 aromatic heterocycles. The van der Waals surface area contributed by atoms with E-state index < -0.39 is 37.3 Å². The van der Waals surface area contributed by atoms with Crippen LogP contribution in [0.25, 0.3) is 0 Å². The van der Waals surface area contributed by atoms with Crippen molar-refractivity contribution in [2.75, 3.05) is 0 Å². The summed E-state index contributed by atoms with van der Waals surface area (Å²) in [7, 11) is -12.2. The van der Waals surface area contributed by atoms with Gasteiger partial charge in [-0.1, -0.05) is 26.7 Å². The van der Waals surface area contributed by atoms with Gasteiger partial charge in [0, 0.05) is 4.57 Å². The maximum Gasteiger partial charge on any atom is 0.697 e. The summed E-state index contributed by atoms with van der Waals surface area (Å²) in [4.78, 5) is 54.9. The van der Waals surface area contributed by atoms with Crippen molar-refractivity contribution in [2.24, 2.45) is 0 Å². The highest BCUT2D eigenvalue weighted by atomic mass is 31.1. The molecule has 0 spiro atoms. The van der Waals surface area contributed by atoms with E-state index in [-0.39, 0.29) is 12.8 Å². The van der Waals surface area contributed by atoms with Crippen LogP contribution in [-0.2, 0) is 13.6 Å². The first-order chi connectivity index (χ1) is 9.02. The first kappa shape index (κ1) is 20.2. The maximum atomic E-state index is 11.6. The zero-order valence-corrected chi connectivity index (χ0v) is 14.2. The van der Waals surface area contributed by atoms with Gasteiger partial charge in [0.25, 0.3) is 0 Å². The molecule has 120 valence electrons. The normalized spacial score (nSPS) is 16.9. The van der Waals surface area contributed by atoms with Gasteiger partial charge in [-0.05, 0) is 12.8 Å². The predicted molar refractivity (Wildman–Crippen MR) is 72.0 cm³/mol. The first-order valence-electron chi connectivity index (χ1n) is 6.17. The van der Waals surface area contributed by atoms with E-state index in [0.717, 1.165) is 0 Å². The zero-order valence-electron chi connectivity index (χ0n) is 11.3. The van der Waals surface area contributed by atoms with E-state index in [2.05, 4.69) is 0 Å². The second-order valence-electron chi connectivity index (χ2n) is 4.36. The Morgan fingerprint density at radius 2 is 1.15 bits per heavy atom. The lowest BCUT2D eigenvalue weighted by molar-refractivity contribution is 0.0865. The monoisotopic (exact) mass is 349 g/mol. The van der Waals surface area contributed by atoms with Gasteiger partial charge in [0.1, 0.15) is 0 Å². The summed E-state index contributed by atoms with van der Waals surface area (Å²) in [5.74, 6) is 0. The maximum absolute atomic E-state index is 11.6. The van der Waals surface area contributed by atoms with Crippen LogP contribution in [-0.4, -0.2) is 57.8 Å². The van der Waals surface area contributed by atoms with E-state index in [1.165, 1.54) is 0 Å². The van der Waals surface area contributed by atoms with Gasteiger partial charge in [-0.3, -0.25) is 0 Å². The third-order valence-electron chi connectivity index (χ3n) is 2.39. The number of hydrogen-bond donors (Lipinski definition) is 6. The van der Waals surface area contributed by atoms with Gasteiger partial charge in [-0.15, -0.1) is 9.05 Å². The molecule has 20 heavy (non-hydrogen) atoms. The third-order valence-corrected chi connectivity index (χ3v) is 6.18. The molecule has 0 aliphatic rings. The van der Waals surface area contributed by atoms with Crippen molar-refractivity contribution < 1.29 is 42.4 Å². The fourth-order valence-corrected chi connectivity index (χ4v) is 5.07. The van der Waals surface area contributed by atoms with E-state index >= 15 is 0 Å². The molecule has 2 unspecified atom stereocenters. The van der Waals surface area contributed by atoms with E-state index in [9.17, 15) is 4.57 Å². The minimum atomic E-state index is -4.65. The molecule has 0 fully saturated rings. The molecular formula is C8H22O9PSi2+. The molecule has 6 N–H and O–H groups in total. The van der Waals surface area contributed by atoms with Crippen LogP contribution >= 0.6 is 8.25 Å². The van der Waals surface area contributed by atoms with Gasteiger partial charge >= 0.3 is 25.9 Å². The van der Waals surface area contributed by atoms with Crippen molar-refractivity contribution in [3.63, 3.8) is 0 Å². The predicted octanol–water partition coefficient (Wildman–Crippen LogP) is -1.08. The van der Waals surface area contributed by atoms with Crippen LogP contribution in [0.3, 0.4) is 0 Å². The quantitative estimate of drug-likeness (QED) is 0.213. The minimum Gasteiger partial charge on any atom is -0.388 e. The molecule has 0 heterocycles. The molecule has 0 saturated heterocycles. The average molecular weight is 349 g/mol. The van der Waals surface area contributed by atoms with Gasteiger partial charge < -0.3 is 28.8 Å². The Hall–Kier alpha value is 0.214. The van der Waals surface area contributed by atoms with Crippen molar-refractivity contribution in [3.05, 3.63) is 0 Å². The van der Waals surface area contributed by atoms with Gasteiger partial charge in [0.2, 0.25) is 0 Å². The molecule has 0 bridgehead atoms. The highest BCUT2D eigenvalue weighted by Gasteiger charge is 2.51. The summed E-state index contributed by atoms with van der Waals surface area (Å²) >= 11 is 0. The van der Waals surface area contributed by atoms with Crippen molar-refractivity contribution in [2.45, 2.75) is 51.0 Å². The van der Waals surface area contributed by atoms with Crippen molar-refractivity contribution in [1.82, 2.24) is 0 Å². The Labute approximate surface area is 120 Å². The van der Waals surface area contributed by atoms with Crippen LogP contribution in [0.4, 0.5) is 0 Å². The number of hydrogen-bond acceptors (Lipinski definition) is 9. The van der Waals surface area contributed by atoms with Crippen LogP contribution in [0, 0.1) is 0 Å². The highest BCUT2D eigenvalue weighted by molar-refractivity contribution is 7.33. The van der Waals surface area contributed by atoms with Crippen LogP contribution < -0.4 is 0 Å². The molecule has 9 nitrogen and oxygen atoms in total. The van der Waals surface area contributed by atoms with Crippen molar-refractivity contribution in [1.29, 1.82) is 0 Å². The average Bonchev–Trinajstić information content (AvgIpc) is 2.25. The Kier molecular flexibility index (Phi) is 8.70. The SMILES string of the molecule is CCCC(O[P+](=O)OC(CCC)[Si](O)(O)O)[Si](O)(O)O. The summed E-state index contributed by atoms with van der Waals surface area (Å²) in [6.07, 6.45) is 0.944. The molecule has 2 atom stereocenters. The smallest absolute Gasteiger partial charge is 0.388 e. The molecule has 0 aliphatic carbocycles.